The summed E-state index contributed by atoms with van der Waals surface area (Å²) in [5.74, 6) is 0.718. The second kappa shape index (κ2) is 6.74. The molecule has 6 heteroatoms. The fraction of sp³-hybridized carbons (Fsp3) is 0.357. The van der Waals surface area contributed by atoms with E-state index in [2.05, 4.69) is 15.2 Å². The number of hydrogen-bond donors (Lipinski definition) is 2. The maximum absolute atomic E-state index is 6.16. The van der Waals surface area contributed by atoms with E-state index in [0.717, 1.165) is 24.7 Å². The maximum atomic E-state index is 6.16. The molecule has 0 bridgehead atoms. The van der Waals surface area contributed by atoms with Gasteiger partial charge in [-0.15, -0.1) is 0 Å². The molecule has 1 unspecified atom stereocenters. The summed E-state index contributed by atoms with van der Waals surface area (Å²) >= 11 is 6.16. The first-order valence-corrected chi connectivity index (χ1v) is 6.88. The summed E-state index contributed by atoms with van der Waals surface area (Å²) in [7, 11) is 4.06. The molecule has 3 N–H and O–H groups in total. The average Bonchev–Trinajstić information content (AvgIpc) is 2.40. The molecule has 1 atom stereocenters. The van der Waals surface area contributed by atoms with Crippen molar-refractivity contribution in [2.75, 3.05) is 32.5 Å². The number of para-hydroxylation sites is 1. The first-order valence-electron chi connectivity index (χ1n) is 6.51. The van der Waals surface area contributed by atoms with E-state index < -0.39 is 0 Å². The Morgan fingerprint density at radius 3 is 2.85 bits per heavy atom. The minimum absolute atomic E-state index is 0.183. The minimum atomic E-state index is -0.183. The van der Waals surface area contributed by atoms with Gasteiger partial charge in [-0.25, -0.2) is 4.99 Å². The average molecular weight is 294 g/mol. The monoisotopic (exact) mass is 293 g/mol. The maximum Gasteiger partial charge on any atom is 0.204 e. The van der Waals surface area contributed by atoms with Gasteiger partial charge in [0.1, 0.15) is 6.17 Å². The van der Waals surface area contributed by atoms with Crippen LogP contribution in [0.3, 0.4) is 0 Å². The van der Waals surface area contributed by atoms with Crippen molar-refractivity contribution < 1.29 is 0 Å². The molecular weight excluding hydrogens is 274 g/mol. The van der Waals surface area contributed by atoms with Crippen LogP contribution in [0.25, 0.3) is 0 Å². The molecule has 0 saturated heterocycles. The Morgan fingerprint density at radius 1 is 1.40 bits per heavy atom. The zero-order valence-electron chi connectivity index (χ0n) is 11.8. The Morgan fingerprint density at radius 2 is 2.15 bits per heavy atom. The molecule has 0 aromatic heterocycles. The second-order valence-corrected chi connectivity index (χ2v) is 5.29. The number of likely N-dealkylation sites (N-methyl/N-ethyl adjacent to an activating group) is 1. The smallest absolute Gasteiger partial charge is 0.204 e. The zero-order chi connectivity index (χ0) is 14.5. The molecule has 0 saturated carbocycles. The Balaban J connectivity index is 2.12. The fourth-order valence-electron chi connectivity index (χ4n) is 1.87. The quantitative estimate of drug-likeness (QED) is 0.888. The van der Waals surface area contributed by atoms with Crippen LogP contribution in [0.5, 0.6) is 0 Å². The number of aliphatic imine (C=N–C) groups is 1. The minimum Gasteiger partial charge on any atom is -0.325 e. The van der Waals surface area contributed by atoms with Crippen LogP contribution in [0.15, 0.2) is 41.5 Å². The van der Waals surface area contributed by atoms with Gasteiger partial charge >= 0.3 is 0 Å². The van der Waals surface area contributed by atoms with Gasteiger partial charge in [-0.2, -0.15) is 0 Å². The van der Waals surface area contributed by atoms with E-state index in [4.69, 9.17) is 17.3 Å². The second-order valence-electron chi connectivity index (χ2n) is 4.89. The van der Waals surface area contributed by atoms with Crippen molar-refractivity contribution in [3.63, 3.8) is 0 Å². The highest BCUT2D eigenvalue weighted by Crippen LogP contribution is 2.21. The lowest BCUT2D eigenvalue weighted by atomic mass is 10.3. The first-order chi connectivity index (χ1) is 9.58. The predicted molar refractivity (Wildman–Crippen MR) is 84.9 cm³/mol. The van der Waals surface area contributed by atoms with Gasteiger partial charge in [0.05, 0.1) is 10.7 Å². The molecule has 0 spiro atoms. The number of nitrogens with two attached hydrogens (primary N) is 1. The van der Waals surface area contributed by atoms with E-state index in [1.54, 1.807) is 6.20 Å². The topological polar surface area (TPSA) is 56.9 Å². The molecule has 108 valence electrons. The van der Waals surface area contributed by atoms with E-state index in [-0.39, 0.29) is 6.17 Å². The number of nitrogens with zero attached hydrogens (tertiary/aromatic N) is 3. The Kier molecular flexibility index (Phi) is 5.00. The van der Waals surface area contributed by atoms with Crippen LogP contribution < -0.4 is 11.1 Å². The highest BCUT2D eigenvalue weighted by atomic mass is 35.5. The van der Waals surface area contributed by atoms with Crippen LogP contribution in [0.1, 0.15) is 0 Å². The van der Waals surface area contributed by atoms with Gasteiger partial charge in [-0.3, -0.25) is 0 Å². The van der Waals surface area contributed by atoms with Crippen LogP contribution in [0.2, 0.25) is 5.02 Å². The van der Waals surface area contributed by atoms with Crippen molar-refractivity contribution in [2.45, 2.75) is 6.17 Å². The molecule has 1 aliphatic rings. The molecule has 0 aliphatic carbocycles. The van der Waals surface area contributed by atoms with E-state index in [1.807, 2.05) is 49.3 Å². The molecule has 2 rings (SSSR count). The third kappa shape index (κ3) is 3.72. The van der Waals surface area contributed by atoms with Crippen LogP contribution in [-0.2, 0) is 0 Å². The summed E-state index contributed by atoms with van der Waals surface area (Å²) < 4.78 is 0. The van der Waals surface area contributed by atoms with Gasteiger partial charge in [0.25, 0.3) is 0 Å². The molecule has 1 heterocycles. The van der Waals surface area contributed by atoms with Crippen LogP contribution in [0.4, 0.5) is 5.69 Å². The molecule has 1 aromatic carbocycles. The molecule has 20 heavy (non-hydrogen) atoms. The van der Waals surface area contributed by atoms with Crippen molar-refractivity contribution in [1.82, 2.24) is 9.80 Å². The third-order valence-electron chi connectivity index (χ3n) is 3.02. The van der Waals surface area contributed by atoms with Crippen LogP contribution in [-0.4, -0.2) is 49.1 Å². The molecule has 0 amide bonds. The van der Waals surface area contributed by atoms with E-state index in [1.165, 1.54) is 0 Å². The van der Waals surface area contributed by atoms with Gasteiger partial charge < -0.3 is 20.9 Å². The summed E-state index contributed by atoms with van der Waals surface area (Å²) in [5.41, 5.74) is 6.94. The lowest BCUT2D eigenvalue weighted by Gasteiger charge is -2.33. The highest BCUT2D eigenvalue weighted by molar-refractivity contribution is 6.33. The standard InChI is InChI=1S/C14H20ClN5/c1-19(2)9-10-20-13(16)7-8-17-14(20)18-12-6-4-3-5-11(12)15/h3-8,13H,9-10,16H2,1-2H3,(H,17,18). The van der Waals surface area contributed by atoms with Crippen molar-refractivity contribution in [1.29, 1.82) is 0 Å². The number of guanidine groups is 1. The number of benzene rings is 1. The van der Waals surface area contributed by atoms with Crippen molar-refractivity contribution in [3.8, 4) is 0 Å². The van der Waals surface area contributed by atoms with E-state index in [9.17, 15) is 0 Å². The molecule has 0 fully saturated rings. The summed E-state index contributed by atoms with van der Waals surface area (Å²) in [6.45, 7) is 1.68. The highest BCUT2D eigenvalue weighted by Gasteiger charge is 2.20. The summed E-state index contributed by atoms with van der Waals surface area (Å²) in [5, 5.41) is 3.91. The first kappa shape index (κ1) is 14.8. The Labute approximate surface area is 124 Å². The summed E-state index contributed by atoms with van der Waals surface area (Å²) in [4.78, 5) is 8.50. The number of hydrogen-bond acceptors (Lipinski definition) is 5. The predicted octanol–water partition coefficient (Wildman–Crippen LogP) is 1.78. The van der Waals surface area contributed by atoms with Gasteiger partial charge in [-0.1, -0.05) is 23.7 Å². The fourth-order valence-corrected chi connectivity index (χ4v) is 2.05. The molecule has 1 aromatic rings. The Hall–Kier alpha value is -1.56. The number of rotatable bonds is 4. The SMILES string of the molecule is CN(C)CCN1C(Nc2ccccc2Cl)=NC=CC1N. The molecular formula is C14H20ClN5. The normalized spacial score (nSPS) is 18.4. The van der Waals surface area contributed by atoms with E-state index in [0.29, 0.717) is 5.02 Å². The van der Waals surface area contributed by atoms with Gasteiger partial charge in [0.15, 0.2) is 0 Å². The Bertz CT molecular complexity index is 512. The molecule has 0 radical (unpaired) electrons. The van der Waals surface area contributed by atoms with Crippen LogP contribution >= 0.6 is 11.6 Å². The molecule has 5 nitrogen and oxygen atoms in total. The summed E-state index contributed by atoms with van der Waals surface area (Å²) in [6.07, 6.45) is 3.40. The van der Waals surface area contributed by atoms with Crippen molar-refractivity contribution in [2.24, 2.45) is 10.7 Å². The van der Waals surface area contributed by atoms with Gasteiger partial charge in [0, 0.05) is 19.3 Å². The number of halogens is 1. The largest absolute Gasteiger partial charge is 0.325 e. The van der Waals surface area contributed by atoms with Crippen molar-refractivity contribution in [3.05, 3.63) is 41.6 Å². The van der Waals surface area contributed by atoms with Crippen LogP contribution in [0, 0.1) is 0 Å². The lowest BCUT2D eigenvalue weighted by molar-refractivity contribution is 0.299. The molecule has 1 aliphatic heterocycles. The van der Waals surface area contributed by atoms with Gasteiger partial charge in [0.2, 0.25) is 5.96 Å². The zero-order valence-corrected chi connectivity index (χ0v) is 12.5. The number of anilines is 1. The van der Waals surface area contributed by atoms with E-state index >= 15 is 0 Å². The lowest BCUT2D eigenvalue weighted by Crippen LogP contribution is -2.51. The number of nitrogens with one attached hydrogen (secondary N) is 1. The summed E-state index contributed by atoms with van der Waals surface area (Å²) in [6, 6.07) is 7.58. The third-order valence-corrected chi connectivity index (χ3v) is 3.35. The van der Waals surface area contributed by atoms with Crippen molar-refractivity contribution >= 4 is 23.2 Å². The van der Waals surface area contributed by atoms with Gasteiger partial charge in [-0.05, 0) is 32.3 Å².